The number of benzene rings is 1. The molecule has 1 saturated carbocycles. The molecule has 5 rings (SSSR count). The second-order valence-electron chi connectivity index (χ2n) is 10.8. The first kappa shape index (κ1) is 29.9. The minimum absolute atomic E-state index is 0.0545. The molecule has 0 aliphatic heterocycles. The van der Waals surface area contributed by atoms with Crippen LogP contribution in [0.3, 0.4) is 0 Å². The number of nitrogens with one attached hydrogen (secondary N) is 1. The van der Waals surface area contributed by atoms with Crippen LogP contribution in [0.4, 0.5) is 0 Å². The molecule has 43 heavy (non-hydrogen) atoms. The van der Waals surface area contributed by atoms with E-state index in [9.17, 15) is 9.59 Å². The average Bonchev–Trinajstić information content (AvgIpc) is 3.76. The topological polar surface area (TPSA) is 138 Å². The third-order valence-electron chi connectivity index (χ3n) is 7.64. The fourth-order valence-electron chi connectivity index (χ4n) is 5.41. The van der Waals surface area contributed by atoms with Gasteiger partial charge in [0.25, 0.3) is 5.91 Å². The van der Waals surface area contributed by atoms with Gasteiger partial charge in [-0.15, -0.1) is 10.2 Å². The van der Waals surface area contributed by atoms with Gasteiger partial charge in [0.15, 0.2) is 23.3 Å². The average molecular weight is 591 g/mol. The second kappa shape index (κ2) is 13.6. The van der Waals surface area contributed by atoms with Gasteiger partial charge in [0, 0.05) is 12.6 Å². The summed E-state index contributed by atoms with van der Waals surface area (Å²) < 4.78 is 22.4. The number of carbonyl (C=O) groups is 2. The number of hydrogen-bond donors (Lipinski definition) is 1. The molecule has 228 valence electrons. The Kier molecular flexibility index (Phi) is 9.43. The molecule has 1 unspecified atom stereocenters. The summed E-state index contributed by atoms with van der Waals surface area (Å²) >= 11 is 0. The molecule has 12 heteroatoms. The fraction of sp³-hybridized carbons (Fsp3) is 0.452. The van der Waals surface area contributed by atoms with Gasteiger partial charge in [-0.05, 0) is 80.3 Å². The van der Waals surface area contributed by atoms with Gasteiger partial charge in [-0.2, -0.15) is 4.80 Å². The van der Waals surface area contributed by atoms with Crippen molar-refractivity contribution in [3.63, 3.8) is 0 Å². The molecule has 3 heterocycles. The first-order valence-corrected chi connectivity index (χ1v) is 14.6. The second-order valence-corrected chi connectivity index (χ2v) is 10.8. The van der Waals surface area contributed by atoms with Crippen LogP contribution < -0.4 is 14.8 Å². The van der Waals surface area contributed by atoms with Crippen molar-refractivity contribution in [1.29, 1.82) is 0 Å². The minimum atomic E-state index is -0.987. The molecular formula is C31H38N6O6. The Balaban J connectivity index is 1.44. The third-order valence-corrected chi connectivity index (χ3v) is 7.64. The predicted molar refractivity (Wildman–Crippen MR) is 156 cm³/mol. The number of ether oxygens (including phenoxy) is 2. The third kappa shape index (κ3) is 7.25. The van der Waals surface area contributed by atoms with E-state index in [4.69, 9.17) is 18.3 Å². The first-order valence-electron chi connectivity index (χ1n) is 14.6. The Hall–Kier alpha value is -4.61. The number of furan rings is 2. The summed E-state index contributed by atoms with van der Waals surface area (Å²) in [5.74, 6) is 3.03. The molecule has 4 aromatic rings. The maximum absolute atomic E-state index is 14.0. The van der Waals surface area contributed by atoms with Crippen LogP contribution in [0.2, 0.25) is 0 Å². The van der Waals surface area contributed by atoms with Gasteiger partial charge in [0.05, 0.1) is 14.2 Å². The Bertz CT molecular complexity index is 1530. The molecule has 1 aliphatic rings. The van der Waals surface area contributed by atoms with Crippen LogP contribution in [0.5, 0.6) is 11.5 Å². The van der Waals surface area contributed by atoms with Crippen LogP contribution in [-0.4, -0.2) is 63.7 Å². The summed E-state index contributed by atoms with van der Waals surface area (Å²) in [4.78, 5) is 30.7. The van der Waals surface area contributed by atoms with Crippen molar-refractivity contribution in [1.82, 2.24) is 30.4 Å². The van der Waals surface area contributed by atoms with E-state index in [2.05, 4.69) is 20.7 Å². The number of aromatic nitrogens is 4. The van der Waals surface area contributed by atoms with E-state index in [1.54, 1.807) is 38.5 Å². The number of tetrazole rings is 1. The van der Waals surface area contributed by atoms with Crippen LogP contribution >= 0.6 is 0 Å². The molecule has 0 saturated heterocycles. The molecule has 0 spiro atoms. The first-order chi connectivity index (χ1) is 20.8. The zero-order valence-electron chi connectivity index (χ0n) is 25.0. The van der Waals surface area contributed by atoms with Crippen molar-refractivity contribution in [2.24, 2.45) is 0 Å². The Morgan fingerprint density at radius 2 is 1.74 bits per heavy atom. The molecule has 0 radical (unpaired) electrons. The molecule has 12 nitrogen and oxygen atoms in total. The molecule has 0 bridgehead atoms. The van der Waals surface area contributed by atoms with Crippen molar-refractivity contribution in [2.75, 3.05) is 20.8 Å². The number of nitrogens with zero attached hydrogens (tertiary/aromatic N) is 5. The molecule has 2 amide bonds. The van der Waals surface area contributed by atoms with Gasteiger partial charge < -0.3 is 28.5 Å². The lowest BCUT2D eigenvalue weighted by Crippen LogP contribution is -2.48. The van der Waals surface area contributed by atoms with Crippen molar-refractivity contribution in [2.45, 2.75) is 71.0 Å². The van der Waals surface area contributed by atoms with Crippen LogP contribution in [0.1, 0.15) is 61.0 Å². The lowest BCUT2D eigenvalue weighted by molar-refractivity contribution is -0.142. The molecule has 1 N–H and O–H groups in total. The number of amides is 2. The minimum Gasteiger partial charge on any atom is -0.493 e. The van der Waals surface area contributed by atoms with Gasteiger partial charge in [-0.25, -0.2) is 0 Å². The number of aryl methyl sites for hydroxylation is 2. The zero-order valence-corrected chi connectivity index (χ0v) is 25.0. The van der Waals surface area contributed by atoms with Gasteiger partial charge in [0.1, 0.15) is 23.8 Å². The Labute approximate surface area is 250 Å². The van der Waals surface area contributed by atoms with Crippen molar-refractivity contribution in [3.05, 3.63) is 65.3 Å². The van der Waals surface area contributed by atoms with Crippen LogP contribution in [0.15, 0.2) is 51.3 Å². The maximum atomic E-state index is 14.0. The number of hydrogen-bond acceptors (Lipinski definition) is 9. The van der Waals surface area contributed by atoms with E-state index in [1.165, 1.54) is 9.70 Å². The number of carbonyl (C=O) groups excluding carboxylic acids is 2. The summed E-state index contributed by atoms with van der Waals surface area (Å²) in [5, 5.41) is 15.7. The highest BCUT2D eigenvalue weighted by Crippen LogP contribution is 2.30. The van der Waals surface area contributed by atoms with E-state index in [-0.39, 0.29) is 36.8 Å². The van der Waals surface area contributed by atoms with Gasteiger partial charge in [-0.1, -0.05) is 25.3 Å². The van der Waals surface area contributed by atoms with Gasteiger partial charge in [-0.3, -0.25) is 9.59 Å². The Morgan fingerprint density at radius 1 is 1.00 bits per heavy atom. The van der Waals surface area contributed by atoms with E-state index in [1.807, 2.05) is 32.0 Å². The number of methoxy groups -OCH3 is 2. The van der Waals surface area contributed by atoms with E-state index >= 15 is 0 Å². The quantitative estimate of drug-likeness (QED) is 0.254. The molecular weight excluding hydrogens is 552 g/mol. The van der Waals surface area contributed by atoms with Gasteiger partial charge >= 0.3 is 0 Å². The summed E-state index contributed by atoms with van der Waals surface area (Å²) in [7, 11) is 3.15. The predicted octanol–water partition coefficient (Wildman–Crippen LogP) is 4.42. The number of rotatable bonds is 12. The van der Waals surface area contributed by atoms with Gasteiger partial charge in [0.2, 0.25) is 11.7 Å². The largest absolute Gasteiger partial charge is 0.493 e. The van der Waals surface area contributed by atoms with Crippen molar-refractivity contribution >= 4 is 11.8 Å². The van der Waals surface area contributed by atoms with Crippen LogP contribution in [-0.2, 0) is 22.6 Å². The molecule has 1 fully saturated rings. The maximum Gasteiger partial charge on any atom is 0.250 e. The highest BCUT2D eigenvalue weighted by molar-refractivity contribution is 5.88. The monoisotopic (exact) mass is 590 g/mol. The highest BCUT2D eigenvalue weighted by Gasteiger charge is 2.35. The van der Waals surface area contributed by atoms with Crippen molar-refractivity contribution in [3.8, 4) is 23.1 Å². The smallest absolute Gasteiger partial charge is 0.250 e. The normalized spacial score (nSPS) is 14.3. The lowest BCUT2D eigenvalue weighted by Gasteiger charge is -2.32. The molecule has 1 aromatic carbocycles. The lowest BCUT2D eigenvalue weighted by atomic mass is 9.95. The van der Waals surface area contributed by atoms with Crippen molar-refractivity contribution < 1.29 is 27.9 Å². The van der Waals surface area contributed by atoms with Crippen LogP contribution in [0, 0.1) is 13.8 Å². The summed E-state index contributed by atoms with van der Waals surface area (Å²) in [6.07, 6.45) is 5.55. The summed E-state index contributed by atoms with van der Waals surface area (Å²) in [5.41, 5.74) is 0.909. The highest BCUT2D eigenvalue weighted by atomic mass is 16.5. The molecule has 3 aromatic heterocycles. The molecule has 1 atom stereocenters. The summed E-state index contributed by atoms with van der Waals surface area (Å²) in [6, 6.07) is 11.8. The van der Waals surface area contributed by atoms with E-state index < -0.39 is 6.04 Å². The van der Waals surface area contributed by atoms with E-state index in [0.29, 0.717) is 41.0 Å². The Morgan fingerprint density at radius 3 is 2.42 bits per heavy atom. The zero-order chi connectivity index (χ0) is 30.3. The SMILES string of the molecule is COc1ccc(CCN(C(=O)Cn2nnc(-c3ccc(C)o3)n2)C(C(=O)NC2CCCCC2)c2ccc(C)o2)cc1OC. The summed E-state index contributed by atoms with van der Waals surface area (Å²) in [6.45, 7) is 3.62. The van der Waals surface area contributed by atoms with E-state index in [0.717, 1.165) is 37.7 Å². The molecule has 1 aliphatic carbocycles. The fourth-order valence-corrected chi connectivity index (χ4v) is 5.41. The standard InChI is InChI=1S/C31H38N6O6/c1-20-10-13-25(42-20)29(31(39)32-23-8-6-5-7-9-23)36(17-16-22-12-15-24(40-3)27(18-22)41-4)28(38)19-37-34-30(33-35-37)26-14-11-21(2)43-26/h10-15,18,23,29H,5-9,16-17,19H2,1-4H3,(H,32,39). The van der Waals surface area contributed by atoms with Crippen LogP contribution in [0.25, 0.3) is 11.6 Å².